The van der Waals surface area contributed by atoms with Crippen LogP contribution in [0.4, 0.5) is 0 Å². The molecule has 0 aromatic rings. The van der Waals surface area contributed by atoms with Crippen molar-refractivity contribution in [2.75, 3.05) is 0 Å². The first-order chi connectivity index (χ1) is 2.73. The van der Waals surface area contributed by atoms with Crippen LogP contribution < -0.4 is 0 Å². The molecule has 0 aliphatic carbocycles. The molecular weight excluding hydrogens is 308 g/mol. The summed E-state index contributed by atoms with van der Waals surface area (Å²) in [7, 11) is 14.8. The second kappa shape index (κ2) is 10.8. The van der Waals surface area contributed by atoms with Gasteiger partial charge in [0.1, 0.15) is 0 Å². The maximum atomic E-state index is 4.94. The second-order valence-electron chi connectivity index (χ2n) is 0.247. The van der Waals surface area contributed by atoms with Crippen LogP contribution >= 0.6 is 49.3 Å². The summed E-state index contributed by atoms with van der Waals surface area (Å²) in [6, 6.07) is 0. The second-order valence-corrected chi connectivity index (χ2v) is 6.68. The molecule has 35 valence electrons. The Kier molecular flexibility index (Phi) is 20.8. The standard InChI is InChI=1S/Al.3ClH.HI.Ti/h;4*1H;/q+3;;;;;+1/p-4. The average Bonchev–Trinajstić information content (AvgIpc) is 1.41. The fraction of sp³-hybridized carbons (Fsp3) is 0. The molecule has 6 heteroatoms. The molecule has 0 fully saturated rings. The first-order valence-corrected chi connectivity index (χ1v) is 11.1. The third kappa shape index (κ3) is 28.9. The number of rotatable bonds is 0. The van der Waals surface area contributed by atoms with E-state index in [0.29, 0.717) is 0 Å². The Balaban J connectivity index is 0. The third-order valence-corrected chi connectivity index (χ3v) is 0. The van der Waals surface area contributed by atoms with Gasteiger partial charge < -0.3 is 0 Å². The van der Waals surface area contributed by atoms with Gasteiger partial charge in [0.15, 0.2) is 0 Å². The molecule has 0 aliphatic heterocycles. The van der Waals surface area contributed by atoms with Gasteiger partial charge in [0.05, 0.1) is 0 Å². The first kappa shape index (κ1) is 11.6. The van der Waals surface area contributed by atoms with E-state index in [1.807, 2.05) is 16.7 Å². The molecule has 0 spiro atoms. The van der Waals surface area contributed by atoms with Gasteiger partial charge in [-0.2, -0.15) is 0 Å². The number of hydrogen-bond acceptors (Lipinski definition) is 0. The van der Waals surface area contributed by atoms with E-state index >= 15 is 0 Å². The molecule has 0 N–H and O–H groups in total. The fourth-order valence-electron chi connectivity index (χ4n) is 0. The van der Waals surface area contributed by atoms with E-state index in [4.69, 9.17) is 30.1 Å². The summed E-state index contributed by atoms with van der Waals surface area (Å²) in [4.78, 5) is 0. The van der Waals surface area contributed by atoms with Gasteiger partial charge in [-0.25, -0.2) is 30.1 Å². The Morgan fingerprint density at radius 3 is 1.17 bits per heavy atom. The van der Waals surface area contributed by atoms with Crippen LogP contribution in [0.2, 0.25) is 0 Å². The summed E-state index contributed by atoms with van der Waals surface area (Å²) in [6.45, 7) is 0. The third-order valence-electron chi connectivity index (χ3n) is 0. The van der Waals surface area contributed by atoms with Gasteiger partial charge in [-0.3, -0.25) is 0 Å². The molecule has 0 saturated carbocycles. The summed E-state index contributed by atoms with van der Waals surface area (Å²) in [5, 5.41) is 0. The fourth-order valence-corrected chi connectivity index (χ4v) is 0. The summed E-state index contributed by atoms with van der Waals surface area (Å²) < 4.78 is 0. The molecule has 0 unspecified atom stereocenters. The molecule has 0 nitrogen and oxygen atoms in total. The first-order valence-electron chi connectivity index (χ1n) is 0.844. The van der Waals surface area contributed by atoms with Crippen molar-refractivity contribution in [2.24, 2.45) is 0 Å². The minimum absolute atomic E-state index is 1.72. The van der Waals surface area contributed by atoms with Crippen molar-refractivity contribution < 1.29 is 16.7 Å². The number of halogens is 4. The molecule has 0 radical (unpaired) electrons. The van der Waals surface area contributed by atoms with Gasteiger partial charge in [0.2, 0.25) is 0 Å². The van der Waals surface area contributed by atoms with Crippen molar-refractivity contribution in [3.05, 3.63) is 0 Å². The summed E-state index contributed by atoms with van der Waals surface area (Å²) in [5.74, 6) is 0. The van der Waals surface area contributed by atoms with E-state index in [1.165, 1.54) is 0 Å². The van der Waals surface area contributed by atoms with Gasteiger partial charge in [-0.15, -0.1) is 0 Å². The summed E-state index contributed by atoms with van der Waals surface area (Å²) >= 11 is 2.40. The zero-order valence-corrected chi connectivity index (χ0v) is 9.73. The minimum atomic E-state index is -1.72. The molecule has 0 aromatic carbocycles. The van der Waals surface area contributed by atoms with Crippen LogP contribution in [0.5, 0.6) is 0 Å². The Hall–Kier alpha value is 2.85. The molecular formula is AlCl3ITi. The maximum absolute atomic E-state index is 4.94. The van der Waals surface area contributed by atoms with Crippen molar-refractivity contribution in [3.63, 3.8) is 0 Å². The molecule has 0 atom stereocenters. The molecule has 0 aromatic heterocycles. The van der Waals surface area contributed by atoms with Crippen LogP contribution in [-0.4, -0.2) is 11.4 Å². The van der Waals surface area contributed by atoms with Crippen molar-refractivity contribution >= 4 is 60.7 Å². The van der Waals surface area contributed by atoms with Gasteiger partial charge >= 0.3 is 47.3 Å². The van der Waals surface area contributed by atoms with E-state index in [-0.39, 0.29) is 0 Å². The Labute approximate surface area is 76.0 Å². The van der Waals surface area contributed by atoms with Crippen LogP contribution in [0.25, 0.3) is 0 Å². The molecule has 0 aliphatic rings. The van der Waals surface area contributed by atoms with Crippen molar-refractivity contribution in [3.8, 4) is 0 Å². The van der Waals surface area contributed by atoms with Crippen molar-refractivity contribution in [2.45, 2.75) is 0 Å². The van der Waals surface area contributed by atoms with Crippen LogP contribution in [0.15, 0.2) is 0 Å². The molecule has 0 heterocycles. The van der Waals surface area contributed by atoms with E-state index in [0.717, 1.165) is 0 Å². The van der Waals surface area contributed by atoms with E-state index in [2.05, 4.69) is 19.2 Å². The number of hydrogen-bond donors (Lipinski definition) is 0. The quantitative estimate of drug-likeness (QED) is 0.477. The van der Waals surface area contributed by atoms with E-state index < -0.39 is 11.4 Å². The Bertz CT molecular complexity index is 15.5. The molecule has 6 heavy (non-hydrogen) atoms. The zero-order chi connectivity index (χ0) is 5.58. The predicted molar refractivity (Wildman–Crippen MR) is 37.3 cm³/mol. The van der Waals surface area contributed by atoms with Crippen LogP contribution in [0, 0.1) is 0 Å². The van der Waals surface area contributed by atoms with E-state index in [9.17, 15) is 0 Å². The van der Waals surface area contributed by atoms with Crippen LogP contribution in [0.1, 0.15) is 0 Å². The van der Waals surface area contributed by atoms with Gasteiger partial charge in [0, 0.05) is 0 Å². The molecule has 0 rings (SSSR count). The van der Waals surface area contributed by atoms with Crippen LogP contribution in [-0.2, 0) is 16.7 Å². The summed E-state index contributed by atoms with van der Waals surface area (Å²) in [6.07, 6.45) is 0. The average molecular weight is 308 g/mol. The van der Waals surface area contributed by atoms with Crippen molar-refractivity contribution in [1.29, 1.82) is 0 Å². The Morgan fingerprint density at radius 2 is 1.17 bits per heavy atom. The topological polar surface area (TPSA) is 0 Å². The molecule has 0 saturated heterocycles. The van der Waals surface area contributed by atoms with Crippen LogP contribution in [0.3, 0.4) is 0 Å². The Morgan fingerprint density at radius 1 is 1.17 bits per heavy atom. The normalized spacial score (nSPS) is 5.17. The van der Waals surface area contributed by atoms with Gasteiger partial charge in [-0.1, -0.05) is 0 Å². The zero-order valence-electron chi connectivity index (χ0n) is 2.59. The van der Waals surface area contributed by atoms with Crippen molar-refractivity contribution in [1.82, 2.24) is 0 Å². The van der Waals surface area contributed by atoms with Gasteiger partial charge in [-0.05, 0) is 0 Å². The monoisotopic (exact) mass is 307 g/mol. The summed E-state index contributed by atoms with van der Waals surface area (Å²) in [5.41, 5.74) is 0. The van der Waals surface area contributed by atoms with Gasteiger partial charge in [0.25, 0.3) is 0 Å². The SMILES string of the molecule is [Cl][Al]([Cl])[Cl].[Ti][I]. The van der Waals surface area contributed by atoms with E-state index in [1.54, 1.807) is 0 Å². The molecule has 0 bridgehead atoms. The molecule has 0 amide bonds. The predicted octanol–water partition coefficient (Wildman–Crippen LogP) is 2.57.